The van der Waals surface area contributed by atoms with Gasteiger partial charge in [-0.15, -0.1) is 0 Å². The number of rotatable bonds is 5. The molecule has 3 aromatic rings. The van der Waals surface area contributed by atoms with Crippen LogP contribution >= 0.6 is 0 Å². The standard InChI is InChI=1S/C25H24FN3O.C2H6.S2/c26-21-5-7-22(8-6-21)29-23-13-20-10-12-24(25(20,30-24)14-19(23)16-28-29)11-9-17-3-1-2-4-18(17)15-27;2*1-2/h1-8,13,16H,9-12,14-15,27H2;1-2H3;/t24-,25?;;/m0../s1. The van der Waals surface area contributed by atoms with Gasteiger partial charge in [0.05, 0.1) is 17.6 Å². The second-order valence-corrected chi connectivity index (χ2v) is 8.69. The van der Waals surface area contributed by atoms with Crippen molar-refractivity contribution in [3.8, 4) is 5.69 Å². The Labute approximate surface area is 210 Å². The van der Waals surface area contributed by atoms with Gasteiger partial charge in [-0.2, -0.15) is 5.10 Å². The lowest BCUT2D eigenvalue weighted by Gasteiger charge is -2.20. The third kappa shape index (κ3) is 4.05. The van der Waals surface area contributed by atoms with Crippen LogP contribution < -0.4 is 5.73 Å². The summed E-state index contributed by atoms with van der Waals surface area (Å²) in [4.78, 5) is 0. The summed E-state index contributed by atoms with van der Waals surface area (Å²) in [5, 5.41) is 4.59. The molecule has 1 unspecified atom stereocenters. The zero-order chi connectivity index (χ0) is 24.3. The van der Waals surface area contributed by atoms with Crippen molar-refractivity contribution in [2.24, 2.45) is 5.73 Å². The van der Waals surface area contributed by atoms with E-state index in [2.05, 4.69) is 57.8 Å². The predicted molar refractivity (Wildman–Crippen MR) is 140 cm³/mol. The Morgan fingerprint density at radius 2 is 1.79 bits per heavy atom. The molecule has 1 saturated carbocycles. The topological polar surface area (TPSA) is 56.4 Å². The predicted octanol–water partition coefficient (Wildman–Crippen LogP) is 5.37. The van der Waals surface area contributed by atoms with Crippen molar-refractivity contribution in [1.82, 2.24) is 9.78 Å². The molecule has 2 aliphatic carbocycles. The number of epoxide rings is 1. The normalized spacial score (nSPS) is 23.2. The maximum Gasteiger partial charge on any atom is 0.123 e. The van der Waals surface area contributed by atoms with Gasteiger partial charge in [-0.3, -0.25) is 0 Å². The van der Waals surface area contributed by atoms with Crippen molar-refractivity contribution in [2.75, 3.05) is 0 Å². The molecule has 0 radical (unpaired) electrons. The molecule has 4 nitrogen and oxygen atoms in total. The Morgan fingerprint density at radius 3 is 2.50 bits per heavy atom. The van der Waals surface area contributed by atoms with Crippen LogP contribution in [0.5, 0.6) is 0 Å². The number of benzene rings is 2. The van der Waals surface area contributed by atoms with Gasteiger partial charge in [-0.1, -0.05) is 38.1 Å². The first kappa shape index (κ1) is 24.8. The average molecular weight is 496 g/mol. The Morgan fingerprint density at radius 1 is 1.09 bits per heavy atom. The van der Waals surface area contributed by atoms with Crippen LogP contribution in [-0.4, -0.2) is 21.0 Å². The minimum absolute atomic E-state index is 0.0593. The molecule has 178 valence electrons. The molecule has 1 spiro atoms. The van der Waals surface area contributed by atoms with Gasteiger partial charge in [0.15, 0.2) is 0 Å². The highest BCUT2D eigenvalue weighted by Crippen LogP contribution is 2.67. The van der Waals surface area contributed by atoms with Crippen molar-refractivity contribution >= 4 is 28.5 Å². The van der Waals surface area contributed by atoms with E-state index in [0.717, 1.165) is 43.5 Å². The van der Waals surface area contributed by atoms with Gasteiger partial charge in [0.1, 0.15) is 17.0 Å². The molecule has 2 atom stereocenters. The zero-order valence-corrected chi connectivity index (χ0v) is 21.2. The van der Waals surface area contributed by atoms with E-state index in [0.29, 0.717) is 6.54 Å². The largest absolute Gasteiger partial charge is 0.357 e. The highest BCUT2D eigenvalue weighted by molar-refractivity contribution is 8.07. The van der Waals surface area contributed by atoms with Crippen molar-refractivity contribution in [3.63, 3.8) is 0 Å². The average Bonchev–Trinajstić information content (AvgIpc) is 3.16. The Kier molecular flexibility index (Phi) is 7.38. The molecule has 3 aliphatic rings. The summed E-state index contributed by atoms with van der Waals surface area (Å²) in [5.74, 6) is -0.236. The highest BCUT2D eigenvalue weighted by atomic mass is 32.8. The van der Waals surface area contributed by atoms with Crippen LogP contribution in [0.3, 0.4) is 0 Å². The number of fused-ring (bicyclic) bond motifs is 1. The van der Waals surface area contributed by atoms with Crippen molar-refractivity contribution < 1.29 is 9.13 Å². The molecule has 2 fully saturated rings. The van der Waals surface area contributed by atoms with Gasteiger partial charge < -0.3 is 10.5 Å². The molecule has 7 heteroatoms. The van der Waals surface area contributed by atoms with Crippen LogP contribution in [0, 0.1) is 5.82 Å². The van der Waals surface area contributed by atoms with Crippen molar-refractivity contribution in [2.45, 2.75) is 63.7 Å². The summed E-state index contributed by atoms with van der Waals surface area (Å²) in [6.07, 6.45) is 9.21. The molecule has 1 aromatic heterocycles. The second kappa shape index (κ2) is 10.1. The maximum absolute atomic E-state index is 13.3. The number of nitrogens with zero attached hydrogens (tertiary/aromatic N) is 2. The quantitative estimate of drug-likeness (QED) is 0.483. The number of aryl methyl sites for hydroxylation is 1. The molecule has 34 heavy (non-hydrogen) atoms. The third-order valence-corrected chi connectivity index (χ3v) is 7.23. The highest BCUT2D eigenvalue weighted by Gasteiger charge is 2.74. The third-order valence-electron chi connectivity index (χ3n) is 7.23. The van der Waals surface area contributed by atoms with E-state index in [4.69, 9.17) is 10.5 Å². The molecular formula is C27H30FN3OS2. The summed E-state index contributed by atoms with van der Waals surface area (Å²) in [6, 6.07) is 14.9. The second-order valence-electron chi connectivity index (χ2n) is 8.69. The summed E-state index contributed by atoms with van der Waals surface area (Å²) in [6.45, 7) is 4.58. The number of ether oxygens (including phenoxy) is 1. The minimum Gasteiger partial charge on any atom is -0.357 e. The lowest BCUT2D eigenvalue weighted by Crippen LogP contribution is -2.27. The smallest absolute Gasteiger partial charge is 0.123 e. The Hall–Kier alpha value is -2.32. The van der Waals surface area contributed by atoms with Crippen LogP contribution in [0.15, 0.2) is 60.3 Å². The zero-order valence-electron chi connectivity index (χ0n) is 19.6. The van der Waals surface area contributed by atoms with Gasteiger partial charge in [-0.05, 0) is 72.7 Å². The summed E-state index contributed by atoms with van der Waals surface area (Å²) in [5.41, 5.74) is 12.8. The lowest BCUT2D eigenvalue weighted by atomic mass is 9.81. The number of nitrogens with two attached hydrogens (primary N) is 1. The Balaban J connectivity index is 0.000000652. The first-order valence-corrected chi connectivity index (χ1v) is 13.2. The van der Waals surface area contributed by atoms with E-state index in [1.54, 1.807) is 12.1 Å². The number of hydrogen-bond donors (Lipinski definition) is 1. The number of halogens is 1. The first-order valence-electron chi connectivity index (χ1n) is 11.8. The fourth-order valence-electron chi connectivity index (χ4n) is 5.58. The fraction of sp³-hybridized carbons (Fsp3) is 0.370. The van der Waals surface area contributed by atoms with E-state index >= 15 is 0 Å². The van der Waals surface area contributed by atoms with Gasteiger partial charge in [0.2, 0.25) is 0 Å². The Bertz CT molecular complexity index is 1190. The lowest BCUT2D eigenvalue weighted by molar-refractivity contribution is 0.235. The fourth-order valence-corrected chi connectivity index (χ4v) is 5.58. The summed E-state index contributed by atoms with van der Waals surface area (Å²) >= 11 is 7.33. The van der Waals surface area contributed by atoms with E-state index in [1.165, 1.54) is 34.4 Å². The monoisotopic (exact) mass is 495 g/mol. The van der Waals surface area contributed by atoms with E-state index in [-0.39, 0.29) is 17.0 Å². The molecule has 0 amide bonds. The minimum atomic E-state index is -0.236. The van der Waals surface area contributed by atoms with Crippen LogP contribution in [-0.2, 0) is 46.5 Å². The maximum atomic E-state index is 13.3. The molecule has 2 aromatic carbocycles. The van der Waals surface area contributed by atoms with Gasteiger partial charge in [0.25, 0.3) is 0 Å². The molecule has 1 aliphatic heterocycles. The molecule has 6 rings (SSSR count). The molecule has 2 N–H and O–H groups in total. The van der Waals surface area contributed by atoms with E-state index in [9.17, 15) is 4.39 Å². The molecule has 2 heterocycles. The van der Waals surface area contributed by atoms with Crippen molar-refractivity contribution in [1.29, 1.82) is 0 Å². The number of aromatic nitrogens is 2. The molecule has 0 bridgehead atoms. The van der Waals surface area contributed by atoms with Crippen molar-refractivity contribution in [3.05, 3.63) is 88.5 Å². The summed E-state index contributed by atoms with van der Waals surface area (Å²) < 4.78 is 21.8. The number of hydrogen-bond acceptors (Lipinski definition) is 5. The molecule has 1 saturated heterocycles. The van der Waals surface area contributed by atoms with Gasteiger partial charge >= 0.3 is 0 Å². The van der Waals surface area contributed by atoms with Crippen LogP contribution in [0.25, 0.3) is 11.8 Å². The van der Waals surface area contributed by atoms with Crippen LogP contribution in [0.1, 0.15) is 55.5 Å². The van der Waals surface area contributed by atoms with Gasteiger partial charge in [-0.25, -0.2) is 9.07 Å². The van der Waals surface area contributed by atoms with Crippen LogP contribution in [0.4, 0.5) is 4.39 Å². The summed E-state index contributed by atoms with van der Waals surface area (Å²) in [7, 11) is 0. The van der Waals surface area contributed by atoms with Crippen LogP contribution in [0.2, 0.25) is 0 Å². The van der Waals surface area contributed by atoms with Gasteiger partial charge in [0, 0.05) is 40.9 Å². The van der Waals surface area contributed by atoms with E-state index in [1.807, 2.05) is 24.7 Å². The first-order chi connectivity index (χ1) is 16.6. The SMILES string of the molecule is CC.NCc1ccccc1CC[C@]12CCC3=Cc4c(cnn4-c4ccc(F)cc4)CC31O2.S=S. The van der Waals surface area contributed by atoms with E-state index < -0.39 is 0 Å². The molecular weight excluding hydrogens is 465 g/mol.